The van der Waals surface area contributed by atoms with Gasteiger partial charge in [-0.2, -0.15) is 18.3 Å². The summed E-state index contributed by atoms with van der Waals surface area (Å²) < 4.78 is 40.1. The van der Waals surface area contributed by atoms with E-state index < -0.39 is 17.8 Å². The summed E-state index contributed by atoms with van der Waals surface area (Å²) in [4.78, 5) is 12.1. The number of nitrogens with zero attached hydrogens (tertiary/aromatic N) is 2. The number of aromatic hydroxyl groups is 1. The van der Waals surface area contributed by atoms with Crippen molar-refractivity contribution in [3.8, 4) is 5.75 Å². The first-order chi connectivity index (χ1) is 11.3. The number of nitrogens with one attached hydrogen (secondary N) is 1. The van der Waals surface area contributed by atoms with Crippen LogP contribution in [0.5, 0.6) is 5.75 Å². The van der Waals surface area contributed by atoms with Crippen molar-refractivity contribution in [3.63, 3.8) is 0 Å². The average Bonchev–Trinajstić information content (AvgIpc) is 3.25. The molecule has 2 aromatic rings. The van der Waals surface area contributed by atoms with Gasteiger partial charge in [-0.05, 0) is 40.9 Å². The molecule has 3 rings (SSSR count). The predicted octanol–water partition coefficient (Wildman–Crippen LogP) is 3.89. The summed E-state index contributed by atoms with van der Waals surface area (Å²) in [6, 6.07) is 6.11. The van der Waals surface area contributed by atoms with E-state index in [4.69, 9.17) is 0 Å². The average molecular weight is 404 g/mol. The molecule has 1 aromatic carbocycles. The van der Waals surface area contributed by atoms with Gasteiger partial charge >= 0.3 is 6.18 Å². The number of para-hydroxylation sites is 2. The molecule has 0 unspecified atom stereocenters. The van der Waals surface area contributed by atoms with Crippen LogP contribution in [0.1, 0.15) is 30.1 Å². The standard InChI is InChI=1S/C15H13BrF3N3O2/c16-12-13(8-5-6-8)22(21-14(12)15(17,18)19)7-11(24)20-9-3-1-2-4-10(9)23/h1-4,8,23H,5-7H2,(H,20,24). The molecule has 0 spiro atoms. The number of phenols is 1. The fourth-order valence-corrected chi connectivity index (χ4v) is 3.24. The summed E-state index contributed by atoms with van der Waals surface area (Å²) in [6.07, 6.45) is -3.06. The van der Waals surface area contributed by atoms with E-state index in [9.17, 15) is 23.1 Å². The Morgan fingerprint density at radius 1 is 1.38 bits per heavy atom. The van der Waals surface area contributed by atoms with Crippen LogP contribution in [0.25, 0.3) is 0 Å². The highest BCUT2D eigenvalue weighted by Gasteiger charge is 2.41. The van der Waals surface area contributed by atoms with Crippen LogP contribution in [0.15, 0.2) is 28.7 Å². The number of rotatable bonds is 4. The molecule has 128 valence electrons. The van der Waals surface area contributed by atoms with Gasteiger partial charge in [-0.15, -0.1) is 0 Å². The first-order valence-corrected chi connectivity index (χ1v) is 7.98. The monoisotopic (exact) mass is 403 g/mol. The Morgan fingerprint density at radius 2 is 2.04 bits per heavy atom. The Morgan fingerprint density at radius 3 is 2.62 bits per heavy atom. The minimum Gasteiger partial charge on any atom is -0.506 e. The lowest BCUT2D eigenvalue weighted by Crippen LogP contribution is -2.21. The largest absolute Gasteiger partial charge is 0.506 e. The van der Waals surface area contributed by atoms with Crippen LogP contribution in [0, 0.1) is 0 Å². The van der Waals surface area contributed by atoms with Crippen LogP contribution in [-0.4, -0.2) is 20.8 Å². The van der Waals surface area contributed by atoms with E-state index in [1.54, 1.807) is 12.1 Å². The summed E-state index contributed by atoms with van der Waals surface area (Å²) in [5.74, 6) is -0.714. The van der Waals surface area contributed by atoms with Gasteiger partial charge in [-0.25, -0.2) is 0 Å². The molecule has 1 aliphatic carbocycles. The minimum atomic E-state index is -4.60. The van der Waals surface area contributed by atoms with Crippen molar-refractivity contribution in [2.24, 2.45) is 0 Å². The van der Waals surface area contributed by atoms with E-state index in [1.807, 2.05) is 0 Å². The fourth-order valence-electron chi connectivity index (χ4n) is 2.41. The zero-order valence-electron chi connectivity index (χ0n) is 12.3. The van der Waals surface area contributed by atoms with E-state index in [1.165, 1.54) is 12.1 Å². The van der Waals surface area contributed by atoms with Crippen molar-refractivity contribution in [1.82, 2.24) is 9.78 Å². The Bertz CT molecular complexity index is 785. The summed E-state index contributed by atoms with van der Waals surface area (Å²) in [5.41, 5.74) is -0.452. The van der Waals surface area contributed by atoms with Crippen LogP contribution < -0.4 is 5.32 Å². The summed E-state index contributed by atoms with van der Waals surface area (Å²) >= 11 is 2.97. The third kappa shape index (κ3) is 3.40. The second-order valence-corrected chi connectivity index (χ2v) is 6.34. The van der Waals surface area contributed by atoms with Gasteiger partial charge in [0.1, 0.15) is 12.3 Å². The van der Waals surface area contributed by atoms with Crippen molar-refractivity contribution in [2.75, 3.05) is 5.32 Å². The molecule has 5 nitrogen and oxygen atoms in total. The van der Waals surface area contributed by atoms with Gasteiger partial charge in [-0.3, -0.25) is 9.48 Å². The zero-order valence-corrected chi connectivity index (χ0v) is 13.9. The lowest BCUT2D eigenvalue weighted by atomic mass is 10.2. The molecule has 1 heterocycles. The van der Waals surface area contributed by atoms with Gasteiger partial charge in [0.05, 0.1) is 15.9 Å². The SMILES string of the molecule is O=C(Cn1nc(C(F)(F)F)c(Br)c1C1CC1)Nc1ccccc1O. The Labute approximate surface area is 143 Å². The number of anilines is 1. The maximum Gasteiger partial charge on any atom is 0.436 e. The first kappa shape index (κ1) is 16.8. The molecular weight excluding hydrogens is 391 g/mol. The smallest absolute Gasteiger partial charge is 0.436 e. The van der Waals surface area contributed by atoms with Gasteiger partial charge in [0.25, 0.3) is 0 Å². The maximum absolute atomic E-state index is 13.0. The molecule has 24 heavy (non-hydrogen) atoms. The Hall–Kier alpha value is -2.03. The second kappa shape index (κ2) is 6.12. The van der Waals surface area contributed by atoms with Crippen LogP contribution in [0.2, 0.25) is 0 Å². The Kier molecular flexibility index (Phi) is 4.29. The number of hydrogen-bond acceptors (Lipinski definition) is 3. The molecule has 1 fully saturated rings. The van der Waals surface area contributed by atoms with Gasteiger partial charge in [0.15, 0.2) is 5.69 Å². The maximum atomic E-state index is 13.0. The van der Waals surface area contributed by atoms with Gasteiger partial charge in [0, 0.05) is 5.92 Å². The third-order valence-electron chi connectivity index (χ3n) is 3.64. The lowest BCUT2D eigenvalue weighted by Gasteiger charge is -2.09. The first-order valence-electron chi connectivity index (χ1n) is 7.18. The molecule has 0 aliphatic heterocycles. The summed E-state index contributed by atoms with van der Waals surface area (Å²) in [7, 11) is 0. The predicted molar refractivity (Wildman–Crippen MR) is 83.6 cm³/mol. The molecule has 0 bridgehead atoms. The molecule has 0 saturated heterocycles. The number of phenolic OH excluding ortho intramolecular Hbond substituents is 1. The molecule has 1 aliphatic rings. The number of hydrogen-bond donors (Lipinski definition) is 2. The highest BCUT2D eigenvalue weighted by Crippen LogP contribution is 2.46. The minimum absolute atomic E-state index is 0.0269. The highest BCUT2D eigenvalue weighted by molar-refractivity contribution is 9.10. The number of benzene rings is 1. The van der Waals surface area contributed by atoms with Gasteiger partial charge in [0.2, 0.25) is 5.91 Å². The van der Waals surface area contributed by atoms with Gasteiger partial charge < -0.3 is 10.4 Å². The van der Waals surface area contributed by atoms with Crippen molar-refractivity contribution in [1.29, 1.82) is 0 Å². The second-order valence-electron chi connectivity index (χ2n) is 5.54. The fraction of sp³-hybridized carbons (Fsp3) is 0.333. The molecule has 2 N–H and O–H groups in total. The zero-order chi connectivity index (χ0) is 17.5. The molecule has 9 heteroatoms. The third-order valence-corrected chi connectivity index (χ3v) is 4.42. The molecule has 1 aromatic heterocycles. The summed E-state index contributed by atoms with van der Waals surface area (Å²) in [5, 5.41) is 15.7. The number of alkyl halides is 3. The summed E-state index contributed by atoms with van der Waals surface area (Å²) in [6.45, 7) is -0.366. The van der Waals surface area contributed by atoms with Crippen molar-refractivity contribution in [2.45, 2.75) is 31.5 Å². The van der Waals surface area contributed by atoms with Crippen molar-refractivity contribution < 1.29 is 23.1 Å². The quantitative estimate of drug-likeness (QED) is 0.761. The molecule has 0 radical (unpaired) electrons. The number of carbonyl (C=O) groups excluding carboxylic acids is 1. The topological polar surface area (TPSA) is 67.2 Å². The van der Waals surface area contributed by atoms with E-state index in [-0.39, 0.29) is 28.4 Å². The van der Waals surface area contributed by atoms with Gasteiger partial charge in [-0.1, -0.05) is 12.1 Å². The van der Waals surface area contributed by atoms with E-state index >= 15 is 0 Å². The number of amides is 1. The van der Waals surface area contributed by atoms with Crippen molar-refractivity contribution in [3.05, 3.63) is 40.1 Å². The van der Waals surface area contributed by atoms with E-state index in [2.05, 4.69) is 26.3 Å². The number of carbonyl (C=O) groups is 1. The van der Waals surface area contributed by atoms with Crippen LogP contribution in [0.4, 0.5) is 18.9 Å². The number of aromatic nitrogens is 2. The van der Waals surface area contributed by atoms with Crippen LogP contribution in [0.3, 0.4) is 0 Å². The molecule has 1 saturated carbocycles. The Balaban J connectivity index is 1.84. The van der Waals surface area contributed by atoms with Crippen LogP contribution >= 0.6 is 15.9 Å². The van der Waals surface area contributed by atoms with Crippen LogP contribution in [-0.2, 0) is 17.5 Å². The van der Waals surface area contributed by atoms with Crippen molar-refractivity contribution >= 4 is 27.5 Å². The van der Waals surface area contributed by atoms with E-state index in [0.29, 0.717) is 5.69 Å². The lowest BCUT2D eigenvalue weighted by molar-refractivity contribution is -0.142. The van der Waals surface area contributed by atoms with E-state index in [0.717, 1.165) is 17.5 Å². The highest BCUT2D eigenvalue weighted by atomic mass is 79.9. The molecule has 1 amide bonds. The normalized spacial score (nSPS) is 14.7. The molecular formula is C15H13BrF3N3O2. The number of halogens is 4. The molecule has 0 atom stereocenters.